The van der Waals surface area contributed by atoms with Crippen molar-refractivity contribution >= 4 is 5.91 Å². The number of hydrogen-bond acceptors (Lipinski definition) is 5. The van der Waals surface area contributed by atoms with Crippen molar-refractivity contribution in [1.82, 2.24) is 10.5 Å². The summed E-state index contributed by atoms with van der Waals surface area (Å²) in [6.45, 7) is 1.99. The lowest BCUT2D eigenvalue weighted by Crippen LogP contribution is -2.28. The molecule has 1 aromatic heterocycles. The van der Waals surface area contributed by atoms with E-state index in [0.717, 1.165) is 0 Å². The zero-order chi connectivity index (χ0) is 14.4. The maximum atomic E-state index is 11.6. The molecule has 0 aliphatic rings. The number of rotatable bonds is 5. The summed E-state index contributed by atoms with van der Waals surface area (Å²) >= 11 is 0. The lowest BCUT2D eigenvalue weighted by Gasteiger charge is -2.06. The number of aryl methyl sites for hydroxylation is 1. The van der Waals surface area contributed by atoms with Crippen LogP contribution in [0.2, 0.25) is 0 Å². The molecule has 0 bridgehead atoms. The third kappa shape index (κ3) is 3.85. The van der Waals surface area contributed by atoms with Crippen LogP contribution in [-0.2, 0) is 11.3 Å². The van der Waals surface area contributed by atoms with Gasteiger partial charge in [0.15, 0.2) is 6.61 Å². The smallest absolute Gasteiger partial charge is 0.258 e. The molecule has 0 aliphatic carbocycles. The molecule has 2 rings (SSSR count). The second-order valence-corrected chi connectivity index (χ2v) is 4.13. The minimum absolute atomic E-state index is 0.0945. The van der Waals surface area contributed by atoms with Gasteiger partial charge in [-0.15, -0.1) is 0 Å². The monoisotopic (exact) mass is 271 g/mol. The fourth-order valence-electron chi connectivity index (χ4n) is 1.52. The minimum atomic E-state index is -0.255. The number of nitrogens with one attached hydrogen (secondary N) is 1. The predicted molar refractivity (Wildman–Crippen MR) is 69.7 cm³/mol. The van der Waals surface area contributed by atoms with E-state index in [1.165, 1.54) is 0 Å². The van der Waals surface area contributed by atoms with E-state index in [-0.39, 0.29) is 12.5 Å². The summed E-state index contributed by atoms with van der Waals surface area (Å²) in [5, 5.41) is 15.1. The number of amides is 1. The second kappa shape index (κ2) is 6.38. The Morgan fingerprint density at radius 2 is 2.20 bits per heavy atom. The van der Waals surface area contributed by atoms with Gasteiger partial charge in [0.05, 0.1) is 18.2 Å². The van der Waals surface area contributed by atoms with Gasteiger partial charge in [-0.05, 0) is 31.2 Å². The Balaban J connectivity index is 1.75. The summed E-state index contributed by atoms with van der Waals surface area (Å²) < 4.78 is 10.2. The molecule has 0 unspecified atom stereocenters. The van der Waals surface area contributed by atoms with E-state index in [1.54, 1.807) is 37.3 Å². The lowest BCUT2D eigenvalue weighted by molar-refractivity contribution is -0.123. The molecular formula is C14H13N3O3. The molecule has 0 aliphatic heterocycles. The van der Waals surface area contributed by atoms with Crippen LogP contribution in [0.3, 0.4) is 0 Å². The van der Waals surface area contributed by atoms with Crippen LogP contribution >= 0.6 is 0 Å². The maximum Gasteiger partial charge on any atom is 0.258 e. The molecule has 6 heteroatoms. The summed E-state index contributed by atoms with van der Waals surface area (Å²) in [4.78, 5) is 11.6. The zero-order valence-electron chi connectivity index (χ0n) is 10.9. The van der Waals surface area contributed by atoms with Gasteiger partial charge in [0, 0.05) is 6.07 Å². The SMILES string of the molecule is Cc1cc(CNC(=O)COc2ccc(C#N)cc2)no1. The lowest BCUT2D eigenvalue weighted by atomic mass is 10.2. The highest BCUT2D eigenvalue weighted by molar-refractivity contribution is 5.77. The van der Waals surface area contributed by atoms with Gasteiger partial charge in [-0.3, -0.25) is 4.79 Å². The van der Waals surface area contributed by atoms with Crippen molar-refractivity contribution in [3.05, 3.63) is 47.3 Å². The first-order chi connectivity index (χ1) is 9.67. The molecule has 20 heavy (non-hydrogen) atoms. The fourth-order valence-corrected chi connectivity index (χ4v) is 1.52. The van der Waals surface area contributed by atoms with Crippen LogP contribution in [-0.4, -0.2) is 17.7 Å². The van der Waals surface area contributed by atoms with Crippen molar-refractivity contribution in [2.24, 2.45) is 0 Å². The van der Waals surface area contributed by atoms with Gasteiger partial charge in [-0.25, -0.2) is 0 Å². The van der Waals surface area contributed by atoms with Gasteiger partial charge in [0.2, 0.25) is 0 Å². The topological polar surface area (TPSA) is 88.1 Å². The normalized spacial score (nSPS) is 9.80. The number of hydrogen-bond donors (Lipinski definition) is 1. The average molecular weight is 271 g/mol. The third-order valence-corrected chi connectivity index (χ3v) is 2.50. The van der Waals surface area contributed by atoms with Crippen LogP contribution in [0.5, 0.6) is 5.75 Å². The first kappa shape index (κ1) is 13.6. The van der Waals surface area contributed by atoms with E-state index in [0.29, 0.717) is 29.3 Å². The van der Waals surface area contributed by atoms with Gasteiger partial charge in [-0.2, -0.15) is 5.26 Å². The molecule has 0 radical (unpaired) electrons. The number of ether oxygens (including phenoxy) is 1. The van der Waals surface area contributed by atoms with Crippen LogP contribution < -0.4 is 10.1 Å². The average Bonchev–Trinajstić information content (AvgIpc) is 2.89. The molecule has 1 N–H and O–H groups in total. The molecule has 0 saturated heterocycles. The van der Waals surface area contributed by atoms with E-state index >= 15 is 0 Å². The predicted octanol–water partition coefficient (Wildman–Crippen LogP) is 1.55. The number of carbonyl (C=O) groups excluding carboxylic acids is 1. The third-order valence-electron chi connectivity index (χ3n) is 2.50. The van der Waals surface area contributed by atoms with Gasteiger partial charge in [0.25, 0.3) is 5.91 Å². The molecule has 1 amide bonds. The second-order valence-electron chi connectivity index (χ2n) is 4.13. The molecule has 1 heterocycles. The standard InChI is InChI=1S/C14H13N3O3/c1-10-6-12(17-20-10)8-16-14(18)9-19-13-4-2-11(7-15)3-5-13/h2-6H,8-9H2,1H3,(H,16,18). The van der Waals surface area contributed by atoms with Crippen LogP contribution in [0, 0.1) is 18.3 Å². The van der Waals surface area contributed by atoms with E-state index < -0.39 is 0 Å². The molecular weight excluding hydrogens is 258 g/mol. The summed E-state index contributed by atoms with van der Waals surface area (Å²) in [6, 6.07) is 10.3. The quantitative estimate of drug-likeness (QED) is 0.891. The Morgan fingerprint density at radius 1 is 1.45 bits per heavy atom. The first-order valence-electron chi connectivity index (χ1n) is 5.99. The highest BCUT2D eigenvalue weighted by atomic mass is 16.5. The van der Waals surface area contributed by atoms with Crippen molar-refractivity contribution in [2.45, 2.75) is 13.5 Å². The van der Waals surface area contributed by atoms with Crippen molar-refractivity contribution in [2.75, 3.05) is 6.61 Å². The van der Waals surface area contributed by atoms with Crippen molar-refractivity contribution in [3.63, 3.8) is 0 Å². The number of nitriles is 1. The Morgan fingerprint density at radius 3 is 2.80 bits per heavy atom. The highest BCUT2D eigenvalue weighted by Gasteiger charge is 2.05. The molecule has 0 fully saturated rings. The number of benzene rings is 1. The molecule has 6 nitrogen and oxygen atoms in total. The van der Waals surface area contributed by atoms with Crippen molar-refractivity contribution in [1.29, 1.82) is 5.26 Å². The van der Waals surface area contributed by atoms with Gasteiger partial charge in [0.1, 0.15) is 17.2 Å². The first-order valence-corrected chi connectivity index (χ1v) is 5.99. The Bertz CT molecular complexity index is 626. The van der Waals surface area contributed by atoms with E-state index in [9.17, 15) is 4.79 Å². The summed E-state index contributed by atoms with van der Waals surface area (Å²) in [7, 11) is 0. The van der Waals surface area contributed by atoms with E-state index in [2.05, 4.69) is 10.5 Å². The molecule has 0 saturated carbocycles. The van der Waals surface area contributed by atoms with Gasteiger partial charge >= 0.3 is 0 Å². The largest absolute Gasteiger partial charge is 0.484 e. The van der Waals surface area contributed by atoms with E-state index in [4.69, 9.17) is 14.5 Å². The Kier molecular flexibility index (Phi) is 4.35. The van der Waals surface area contributed by atoms with Crippen molar-refractivity contribution < 1.29 is 14.1 Å². The maximum absolute atomic E-state index is 11.6. The fraction of sp³-hybridized carbons (Fsp3) is 0.214. The molecule has 0 atom stereocenters. The van der Waals surface area contributed by atoms with E-state index in [1.807, 2.05) is 6.07 Å². The number of aromatic nitrogens is 1. The molecule has 0 spiro atoms. The zero-order valence-corrected chi connectivity index (χ0v) is 10.9. The highest BCUT2D eigenvalue weighted by Crippen LogP contribution is 2.11. The summed E-state index contributed by atoms with van der Waals surface area (Å²) in [5.74, 6) is 0.981. The van der Waals surface area contributed by atoms with Crippen molar-refractivity contribution in [3.8, 4) is 11.8 Å². The van der Waals surface area contributed by atoms with Crippen LogP contribution in [0.4, 0.5) is 0 Å². The molecule has 2 aromatic rings. The molecule has 1 aromatic carbocycles. The number of carbonyl (C=O) groups is 1. The van der Waals surface area contributed by atoms with Crippen LogP contribution in [0.15, 0.2) is 34.9 Å². The summed E-state index contributed by atoms with van der Waals surface area (Å²) in [5.41, 5.74) is 1.21. The summed E-state index contributed by atoms with van der Waals surface area (Å²) in [6.07, 6.45) is 0. The minimum Gasteiger partial charge on any atom is -0.484 e. The Labute approximate surface area is 115 Å². The van der Waals surface area contributed by atoms with Gasteiger partial charge < -0.3 is 14.6 Å². The van der Waals surface area contributed by atoms with Crippen LogP contribution in [0.25, 0.3) is 0 Å². The Hall–Kier alpha value is -2.81. The number of nitrogens with zero attached hydrogens (tertiary/aromatic N) is 2. The van der Waals surface area contributed by atoms with Gasteiger partial charge in [-0.1, -0.05) is 5.16 Å². The molecule has 102 valence electrons. The van der Waals surface area contributed by atoms with Crippen LogP contribution in [0.1, 0.15) is 17.0 Å².